The molecule has 5 heteroatoms. The highest BCUT2D eigenvalue weighted by Gasteiger charge is 2.34. The molecule has 0 fully saturated rings. The van der Waals surface area contributed by atoms with Gasteiger partial charge in [0, 0.05) is 24.5 Å². The van der Waals surface area contributed by atoms with Crippen LogP contribution in [0, 0.1) is 0 Å². The summed E-state index contributed by atoms with van der Waals surface area (Å²) in [5.41, 5.74) is 1.22. The van der Waals surface area contributed by atoms with Crippen molar-refractivity contribution in [3.8, 4) is 0 Å². The summed E-state index contributed by atoms with van der Waals surface area (Å²) >= 11 is 0. The highest BCUT2D eigenvalue weighted by atomic mass is 16.2. The fraction of sp³-hybridized carbons (Fsp3) is 0.0667. The Balaban J connectivity index is 2.10. The minimum Gasteiger partial charge on any atom is -0.269 e. The SMILES string of the molecule is O=C1C=CC(=O)N1C(c1ccccn1)c1ccccn1. The van der Waals surface area contributed by atoms with Gasteiger partial charge in [-0.15, -0.1) is 0 Å². The molecule has 1 aliphatic rings. The predicted octanol–water partition coefficient (Wildman–Crippen LogP) is 1.49. The second kappa shape index (κ2) is 5.05. The number of amides is 2. The second-order valence-electron chi connectivity index (χ2n) is 4.29. The van der Waals surface area contributed by atoms with Gasteiger partial charge in [-0.05, 0) is 24.3 Å². The number of aromatic nitrogens is 2. The molecule has 0 radical (unpaired) electrons. The largest absolute Gasteiger partial charge is 0.269 e. The van der Waals surface area contributed by atoms with Gasteiger partial charge in [-0.1, -0.05) is 12.1 Å². The zero-order valence-corrected chi connectivity index (χ0v) is 10.5. The van der Waals surface area contributed by atoms with Crippen LogP contribution in [0.15, 0.2) is 60.9 Å². The second-order valence-corrected chi connectivity index (χ2v) is 4.29. The average molecular weight is 265 g/mol. The van der Waals surface area contributed by atoms with E-state index >= 15 is 0 Å². The topological polar surface area (TPSA) is 63.2 Å². The summed E-state index contributed by atoms with van der Waals surface area (Å²) in [7, 11) is 0. The Labute approximate surface area is 115 Å². The minimum atomic E-state index is -0.604. The number of pyridine rings is 2. The summed E-state index contributed by atoms with van der Waals surface area (Å²) in [5.74, 6) is -0.701. The Morgan fingerprint density at radius 1 is 0.800 bits per heavy atom. The number of hydrogen-bond acceptors (Lipinski definition) is 4. The van der Waals surface area contributed by atoms with Crippen LogP contribution in [0.2, 0.25) is 0 Å². The van der Waals surface area contributed by atoms with Crippen molar-refractivity contribution in [2.45, 2.75) is 6.04 Å². The Bertz CT molecular complexity index is 611. The zero-order valence-electron chi connectivity index (χ0n) is 10.5. The summed E-state index contributed by atoms with van der Waals surface area (Å²) in [4.78, 5) is 33.6. The number of hydrogen-bond donors (Lipinski definition) is 0. The summed E-state index contributed by atoms with van der Waals surface area (Å²) in [5, 5.41) is 0. The van der Waals surface area contributed by atoms with Gasteiger partial charge in [0.2, 0.25) is 0 Å². The minimum absolute atomic E-state index is 0.351. The van der Waals surface area contributed by atoms with E-state index in [1.54, 1.807) is 36.7 Å². The molecule has 3 rings (SSSR count). The number of carbonyl (C=O) groups excluding carboxylic acids is 2. The van der Waals surface area contributed by atoms with Crippen molar-refractivity contribution in [3.05, 3.63) is 72.3 Å². The number of imide groups is 1. The monoisotopic (exact) mass is 265 g/mol. The first-order valence-electron chi connectivity index (χ1n) is 6.14. The van der Waals surface area contributed by atoms with Crippen molar-refractivity contribution in [1.29, 1.82) is 0 Å². The van der Waals surface area contributed by atoms with Crippen LogP contribution in [0.5, 0.6) is 0 Å². The van der Waals surface area contributed by atoms with Crippen LogP contribution in [-0.4, -0.2) is 26.7 Å². The van der Waals surface area contributed by atoms with Crippen LogP contribution in [-0.2, 0) is 9.59 Å². The van der Waals surface area contributed by atoms with Gasteiger partial charge in [0.1, 0.15) is 6.04 Å². The number of nitrogens with zero attached hydrogens (tertiary/aromatic N) is 3. The van der Waals surface area contributed by atoms with Crippen molar-refractivity contribution in [3.63, 3.8) is 0 Å². The van der Waals surface area contributed by atoms with E-state index in [1.807, 2.05) is 12.1 Å². The van der Waals surface area contributed by atoms with E-state index in [0.717, 1.165) is 0 Å². The van der Waals surface area contributed by atoms with E-state index in [0.29, 0.717) is 11.4 Å². The smallest absolute Gasteiger partial charge is 0.254 e. The molecule has 0 saturated heterocycles. The van der Waals surface area contributed by atoms with Crippen LogP contribution in [0.4, 0.5) is 0 Å². The Hall–Kier alpha value is -2.82. The van der Waals surface area contributed by atoms with E-state index in [1.165, 1.54) is 17.1 Å². The van der Waals surface area contributed by atoms with Crippen LogP contribution in [0.3, 0.4) is 0 Å². The third-order valence-electron chi connectivity index (χ3n) is 3.04. The van der Waals surface area contributed by atoms with Crippen LogP contribution in [0.25, 0.3) is 0 Å². The van der Waals surface area contributed by atoms with E-state index in [-0.39, 0.29) is 11.8 Å². The third-order valence-corrected chi connectivity index (χ3v) is 3.04. The Morgan fingerprint density at radius 2 is 1.30 bits per heavy atom. The van der Waals surface area contributed by atoms with Gasteiger partial charge in [0.15, 0.2) is 0 Å². The summed E-state index contributed by atoms with van der Waals surface area (Å²) in [6, 6.07) is 10.1. The van der Waals surface area contributed by atoms with Gasteiger partial charge in [-0.3, -0.25) is 24.5 Å². The molecule has 98 valence electrons. The van der Waals surface area contributed by atoms with Gasteiger partial charge in [-0.25, -0.2) is 0 Å². The maximum atomic E-state index is 11.9. The lowest BCUT2D eigenvalue weighted by molar-refractivity contribution is -0.138. The lowest BCUT2D eigenvalue weighted by Gasteiger charge is -2.25. The summed E-state index contributed by atoms with van der Waals surface area (Å²) in [6.45, 7) is 0. The highest BCUT2D eigenvalue weighted by molar-refractivity contribution is 6.13. The molecule has 0 bridgehead atoms. The molecule has 0 N–H and O–H groups in total. The standard InChI is InChI=1S/C15H11N3O2/c19-13-7-8-14(20)18(13)15(11-5-1-3-9-16-11)12-6-2-4-10-17-12/h1-10,15H. The molecule has 0 aliphatic carbocycles. The lowest BCUT2D eigenvalue weighted by Crippen LogP contribution is -2.35. The first-order chi connectivity index (χ1) is 9.77. The average Bonchev–Trinajstić information content (AvgIpc) is 2.82. The van der Waals surface area contributed by atoms with E-state index in [4.69, 9.17) is 0 Å². The maximum absolute atomic E-state index is 11.9. The first kappa shape index (κ1) is 12.2. The third kappa shape index (κ3) is 2.09. The molecule has 0 aromatic carbocycles. The van der Waals surface area contributed by atoms with Gasteiger partial charge in [0.05, 0.1) is 11.4 Å². The number of rotatable bonds is 3. The Morgan fingerprint density at radius 3 is 1.70 bits per heavy atom. The molecule has 2 amide bonds. The van der Waals surface area contributed by atoms with Crippen molar-refractivity contribution >= 4 is 11.8 Å². The summed E-state index contributed by atoms with van der Waals surface area (Å²) < 4.78 is 0. The molecule has 3 heterocycles. The molecular weight excluding hydrogens is 254 g/mol. The van der Waals surface area contributed by atoms with Crippen molar-refractivity contribution in [1.82, 2.24) is 14.9 Å². The highest BCUT2D eigenvalue weighted by Crippen LogP contribution is 2.28. The molecule has 0 saturated carbocycles. The molecule has 1 aliphatic heterocycles. The van der Waals surface area contributed by atoms with Crippen LogP contribution >= 0.6 is 0 Å². The zero-order chi connectivity index (χ0) is 13.9. The molecule has 0 unspecified atom stereocenters. The quantitative estimate of drug-likeness (QED) is 0.789. The molecule has 0 atom stereocenters. The molecule has 2 aromatic rings. The van der Waals surface area contributed by atoms with E-state index in [2.05, 4.69) is 9.97 Å². The fourth-order valence-corrected chi connectivity index (χ4v) is 2.16. The van der Waals surface area contributed by atoms with Gasteiger partial charge in [-0.2, -0.15) is 0 Å². The first-order valence-corrected chi connectivity index (χ1v) is 6.14. The van der Waals surface area contributed by atoms with Crippen molar-refractivity contribution in [2.75, 3.05) is 0 Å². The molecule has 2 aromatic heterocycles. The fourth-order valence-electron chi connectivity index (χ4n) is 2.16. The van der Waals surface area contributed by atoms with E-state index in [9.17, 15) is 9.59 Å². The van der Waals surface area contributed by atoms with Gasteiger partial charge >= 0.3 is 0 Å². The predicted molar refractivity (Wildman–Crippen MR) is 71.3 cm³/mol. The maximum Gasteiger partial charge on any atom is 0.254 e. The van der Waals surface area contributed by atoms with Crippen molar-refractivity contribution in [2.24, 2.45) is 0 Å². The van der Waals surface area contributed by atoms with Crippen LogP contribution in [0.1, 0.15) is 17.4 Å². The lowest BCUT2D eigenvalue weighted by atomic mass is 10.1. The molecule has 20 heavy (non-hydrogen) atoms. The summed E-state index contributed by atoms with van der Waals surface area (Å²) in [6.07, 6.45) is 5.79. The normalized spacial score (nSPS) is 14.3. The van der Waals surface area contributed by atoms with Crippen LogP contribution < -0.4 is 0 Å². The van der Waals surface area contributed by atoms with Crippen molar-refractivity contribution < 1.29 is 9.59 Å². The van der Waals surface area contributed by atoms with E-state index < -0.39 is 6.04 Å². The number of carbonyl (C=O) groups is 2. The van der Waals surface area contributed by atoms with Gasteiger partial charge in [0.25, 0.3) is 11.8 Å². The van der Waals surface area contributed by atoms with Gasteiger partial charge < -0.3 is 0 Å². The molecule has 0 spiro atoms. The molecular formula is C15H11N3O2. The molecule has 5 nitrogen and oxygen atoms in total. The Kier molecular flexibility index (Phi) is 3.09.